The van der Waals surface area contributed by atoms with E-state index in [0.717, 1.165) is 18.2 Å². The molecule has 5 heteroatoms. The summed E-state index contributed by atoms with van der Waals surface area (Å²) in [6, 6.07) is 4.82. The summed E-state index contributed by atoms with van der Waals surface area (Å²) in [6.45, 7) is 0. The molecule has 0 aromatic heterocycles. The van der Waals surface area contributed by atoms with Crippen LogP contribution in [0, 0.1) is 5.82 Å². The molecule has 15 heavy (non-hydrogen) atoms. The SMILES string of the molecule is O=C(O)C(=Cc1ccc(F)cc1)C(=O)O. The first-order valence-corrected chi connectivity index (χ1v) is 3.94. The highest BCUT2D eigenvalue weighted by Crippen LogP contribution is 2.08. The van der Waals surface area contributed by atoms with Gasteiger partial charge in [0.25, 0.3) is 0 Å². The summed E-state index contributed by atoms with van der Waals surface area (Å²) in [5.74, 6) is -3.54. The lowest BCUT2D eigenvalue weighted by Crippen LogP contribution is -2.10. The second-order valence-corrected chi connectivity index (χ2v) is 2.72. The van der Waals surface area contributed by atoms with Crippen molar-refractivity contribution in [2.75, 3.05) is 0 Å². The summed E-state index contributed by atoms with van der Waals surface area (Å²) >= 11 is 0. The van der Waals surface area contributed by atoms with Gasteiger partial charge in [-0.15, -0.1) is 0 Å². The second-order valence-electron chi connectivity index (χ2n) is 2.72. The molecular formula is C10H7FO4. The molecule has 0 saturated heterocycles. The third kappa shape index (κ3) is 2.91. The Balaban J connectivity index is 3.08. The standard InChI is InChI=1S/C10H7FO4/c11-7-3-1-6(2-4-7)5-8(9(12)13)10(14)15/h1-5H,(H,12,13)(H,14,15). The highest BCUT2D eigenvalue weighted by atomic mass is 19.1. The summed E-state index contributed by atoms with van der Waals surface area (Å²) < 4.78 is 12.5. The van der Waals surface area contributed by atoms with Crippen LogP contribution >= 0.6 is 0 Å². The molecule has 0 amide bonds. The maximum absolute atomic E-state index is 12.5. The zero-order chi connectivity index (χ0) is 11.4. The number of carbonyl (C=O) groups is 2. The van der Waals surface area contributed by atoms with Crippen LogP contribution in [-0.4, -0.2) is 22.2 Å². The lowest BCUT2D eigenvalue weighted by Gasteiger charge is -1.96. The number of hydrogen-bond donors (Lipinski definition) is 2. The van der Waals surface area contributed by atoms with Gasteiger partial charge < -0.3 is 10.2 Å². The zero-order valence-electron chi connectivity index (χ0n) is 7.48. The van der Waals surface area contributed by atoms with E-state index in [1.165, 1.54) is 12.1 Å². The van der Waals surface area contributed by atoms with Crippen LogP contribution in [0.5, 0.6) is 0 Å². The third-order valence-electron chi connectivity index (χ3n) is 1.64. The molecule has 0 aliphatic rings. The van der Waals surface area contributed by atoms with Gasteiger partial charge in [0.2, 0.25) is 0 Å². The van der Waals surface area contributed by atoms with Crippen LogP contribution in [0.15, 0.2) is 29.8 Å². The number of halogens is 1. The fourth-order valence-electron chi connectivity index (χ4n) is 0.941. The van der Waals surface area contributed by atoms with Gasteiger partial charge in [-0.05, 0) is 23.8 Å². The van der Waals surface area contributed by atoms with Crippen LogP contribution in [0.1, 0.15) is 5.56 Å². The summed E-state index contributed by atoms with van der Waals surface area (Å²) in [5, 5.41) is 17.1. The topological polar surface area (TPSA) is 74.6 Å². The normalized spacial score (nSPS) is 9.40. The van der Waals surface area contributed by atoms with Crippen molar-refractivity contribution >= 4 is 18.0 Å². The van der Waals surface area contributed by atoms with E-state index < -0.39 is 23.3 Å². The van der Waals surface area contributed by atoms with Crippen LogP contribution in [0.2, 0.25) is 0 Å². The Hall–Kier alpha value is -2.17. The summed E-state index contributed by atoms with van der Waals surface area (Å²) in [5.41, 5.74) is -0.446. The molecule has 0 saturated carbocycles. The lowest BCUT2D eigenvalue weighted by atomic mass is 10.1. The molecule has 0 unspecified atom stereocenters. The van der Waals surface area contributed by atoms with Gasteiger partial charge in [0.05, 0.1) is 0 Å². The van der Waals surface area contributed by atoms with Crippen molar-refractivity contribution in [1.29, 1.82) is 0 Å². The smallest absolute Gasteiger partial charge is 0.343 e. The van der Waals surface area contributed by atoms with Crippen LogP contribution in [0.25, 0.3) is 6.08 Å². The molecule has 1 aromatic rings. The molecule has 0 radical (unpaired) electrons. The van der Waals surface area contributed by atoms with Crippen molar-refractivity contribution in [3.63, 3.8) is 0 Å². The van der Waals surface area contributed by atoms with Gasteiger partial charge in [0.15, 0.2) is 0 Å². The molecule has 2 N–H and O–H groups in total. The average Bonchev–Trinajstić information content (AvgIpc) is 2.15. The first-order chi connectivity index (χ1) is 7.00. The molecule has 0 fully saturated rings. The van der Waals surface area contributed by atoms with Gasteiger partial charge in [-0.1, -0.05) is 12.1 Å². The molecular weight excluding hydrogens is 203 g/mol. The lowest BCUT2D eigenvalue weighted by molar-refractivity contribution is -0.139. The van der Waals surface area contributed by atoms with E-state index in [2.05, 4.69) is 0 Å². The number of benzene rings is 1. The Morgan fingerprint density at radius 2 is 1.53 bits per heavy atom. The maximum atomic E-state index is 12.5. The maximum Gasteiger partial charge on any atom is 0.343 e. The molecule has 78 valence electrons. The van der Waals surface area contributed by atoms with Crippen LogP contribution < -0.4 is 0 Å². The van der Waals surface area contributed by atoms with Gasteiger partial charge in [-0.2, -0.15) is 0 Å². The molecule has 1 aromatic carbocycles. The number of carboxylic acids is 2. The van der Waals surface area contributed by atoms with E-state index in [1.807, 2.05) is 0 Å². The number of carboxylic acid groups (broad SMARTS) is 2. The van der Waals surface area contributed by atoms with Crippen molar-refractivity contribution in [3.05, 3.63) is 41.2 Å². The van der Waals surface area contributed by atoms with E-state index in [4.69, 9.17) is 10.2 Å². The monoisotopic (exact) mass is 210 g/mol. The van der Waals surface area contributed by atoms with E-state index in [1.54, 1.807) is 0 Å². The highest BCUT2D eigenvalue weighted by Gasteiger charge is 2.15. The minimum absolute atomic E-state index is 0.316. The zero-order valence-corrected chi connectivity index (χ0v) is 7.48. The fourth-order valence-corrected chi connectivity index (χ4v) is 0.941. The predicted molar refractivity (Wildman–Crippen MR) is 49.6 cm³/mol. The predicted octanol–water partition coefficient (Wildman–Crippen LogP) is 1.38. The highest BCUT2D eigenvalue weighted by molar-refractivity contribution is 6.16. The van der Waals surface area contributed by atoms with Gasteiger partial charge >= 0.3 is 11.9 Å². The van der Waals surface area contributed by atoms with Gasteiger partial charge in [0, 0.05) is 0 Å². The van der Waals surface area contributed by atoms with Gasteiger partial charge in [0.1, 0.15) is 11.4 Å². The fraction of sp³-hybridized carbons (Fsp3) is 0. The van der Waals surface area contributed by atoms with Crippen molar-refractivity contribution < 1.29 is 24.2 Å². The molecule has 1 rings (SSSR count). The quantitative estimate of drug-likeness (QED) is 0.449. The Morgan fingerprint density at radius 1 is 1.07 bits per heavy atom. The Labute approximate surface area is 84.3 Å². The molecule has 0 spiro atoms. The van der Waals surface area contributed by atoms with E-state index >= 15 is 0 Å². The largest absolute Gasteiger partial charge is 0.477 e. The molecule has 4 nitrogen and oxygen atoms in total. The first kappa shape index (κ1) is 10.9. The second kappa shape index (κ2) is 4.36. The Bertz CT molecular complexity index is 404. The molecule has 0 heterocycles. The van der Waals surface area contributed by atoms with Gasteiger partial charge in [-0.3, -0.25) is 0 Å². The minimum atomic E-state index is -1.54. The van der Waals surface area contributed by atoms with E-state index in [9.17, 15) is 14.0 Å². The molecule has 0 aliphatic heterocycles. The number of rotatable bonds is 3. The van der Waals surface area contributed by atoms with E-state index in [0.29, 0.717) is 5.56 Å². The molecule has 0 aliphatic carbocycles. The summed E-state index contributed by atoms with van der Waals surface area (Å²) in [6.07, 6.45) is 0.962. The Kier molecular flexibility index (Phi) is 3.17. The summed E-state index contributed by atoms with van der Waals surface area (Å²) in [4.78, 5) is 21.0. The van der Waals surface area contributed by atoms with Crippen molar-refractivity contribution in [3.8, 4) is 0 Å². The van der Waals surface area contributed by atoms with Crippen LogP contribution in [0.4, 0.5) is 4.39 Å². The molecule has 0 bridgehead atoms. The van der Waals surface area contributed by atoms with Crippen molar-refractivity contribution in [2.45, 2.75) is 0 Å². The third-order valence-corrected chi connectivity index (χ3v) is 1.64. The van der Waals surface area contributed by atoms with Crippen molar-refractivity contribution in [2.24, 2.45) is 0 Å². The average molecular weight is 210 g/mol. The molecule has 0 atom stereocenters. The van der Waals surface area contributed by atoms with E-state index in [-0.39, 0.29) is 0 Å². The van der Waals surface area contributed by atoms with Crippen molar-refractivity contribution in [1.82, 2.24) is 0 Å². The van der Waals surface area contributed by atoms with Gasteiger partial charge in [-0.25, -0.2) is 14.0 Å². The van der Waals surface area contributed by atoms with Crippen LogP contribution in [-0.2, 0) is 9.59 Å². The number of aliphatic carboxylic acids is 2. The Morgan fingerprint density at radius 3 is 1.93 bits per heavy atom. The van der Waals surface area contributed by atoms with Crippen LogP contribution in [0.3, 0.4) is 0 Å². The minimum Gasteiger partial charge on any atom is -0.477 e. The first-order valence-electron chi connectivity index (χ1n) is 3.94. The summed E-state index contributed by atoms with van der Waals surface area (Å²) in [7, 11) is 0. The number of hydrogen-bond acceptors (Lipinski definition) is 2.